The Balaban J connectivity index is 2.36. The molecule has 0 aliphatic rings. The molecule has 0 aliphatic heterocycles. The average molecular weight is 354 g/mol. The summed E-state index contributed by atoms with van der Waals surface area (Å²) in [7, 11) is 1.66. The van der Waals surface area contributed by atoms with Gasteiger partial charge >= 0.3 is 0 Å². The van der Waals surface area contributed by atoms with Gasteiger partial charge in [-0.1, -0.05) is 25.7 Å². The van der Waals surface area contributed by atoms with E-state index in [-0.39, 0.29) is 11.5 Å². The van der Waals surface area contributed by atoms with Crippen LogP contribution >= 0.6 is 0 Å². The Morgan fingerprint density at radius 1 is 1.35 bits per heavy atom. The van der Waals surface area contributed by atoms with E-state index in [0.29, 0.717) is 33.8 Å². The minimum atomic E-state index is -1.15. The van der Waals surface area contributed by atoms with Crippen molar-refractivity contribution in [3.05, 3.63) is 33.7 Å². The molecule has 0 unspecified atom stereocenters. The van der Waals surface area contributed by atoms with Crippen molar-refractivity contribution in [1.82, 2.24) is 19.7 Å². The van der Waals surface area contributed by atoms with Gasteiger partial charge < -0.3 is 19.1 Å². The third-order valence-electron chi connectivity index (χ3n) is 3.97. The lowest BCUT2D eigenvalue weighted by Crippen LogP contribution is -2.17. The molecule has 3 heterocycles. The summed E-state index contributed by atoms with van der Waals surface area (Å²) in [6.45, 7) is 9.00. The smallest absolute Gasteiger partial charge is 0.274 e. The van der Waals surface area contributed by atoms with Crippen LogP contribution in [0, 0.1) is 18.8 Å². The highest BCUT2D eigenvalue weighted by molar-refractivity contribution is 5.99. The van der Waals surface area contributed by atoms with Crippen molar-refractivity contribution in [2.75, 3.05) is 0 Å². The molecule has 136 valence electrons. The molecular weight excluding hydrogens is 332 g/mol. The van der Waals surface area contributed by atoms with Crippen molar-refractivity contribution >= 4 is 10.9 Å². The molecule has 0 amide bonds. The van der Waals surface area contributed by atoms with E-state index in [9.17, 15) is 9.90 Å². The number of rotatable bonds is 2. The molecule has 3 rings (SSSR count). The third-order valence-corrected chi connectivity index (χ3v) is 3.97. The van der Waals surface area contributed by atoms with E-state index in [1.165, 1.54) is 4.57 Å². The van der Waals surface area contributed by atoms with Gasteiger partial charge in [0, 0.05) is 30.2 Å². The van der Waals surface area contributed by atoms with Crippen LogP contribution in [0.5, 0.6) is 0 Å². The first-order valence-electron chi connectivity index (χ1n) is 8.39. The molecule has 3 aromatic heterocycles. The standard InChI is InChI=1S/C19H22N4O3/c1-10(2)16-21-22-17(26-16)13-11(3)20-15-14(13)12(7-8-19(4,5)25)9-23(6)18(15)24/h9-10,20,25H,1-6H3. The molecule has 0 saturated carbocycles. The molecule has 0 atom stereocenters. The van der Waals surface area contributed by atoms with E-state index in [2.05, 4.69) is 27.0 Å². The second-order valence-electron chi connectivity index (χ2n) is 7.24. The van der Waals surface area contributed by atoms with Gasteiger partial charge in [0.1, 0.15) is 11.1 Å². The molecule has 0 spiro atoms. The zero-order valence-electron chi connectivity index (χ0n) is 15.8. The minimum Gasteiger partial charge on any atom is -0.420 e. The first kappa shape index (κ1) is 18.0. The fourth-order valence-electron chi connectivity index (χ4n) is 2.70. The number of aliphatic hydroxyl groups is 1. The molecule has 0 aromatic carbocycles. The normalized spacial score (nSPS) is 11.8. The topological polar surface area (TPSA) is 96.9 Å². The van der Waals surface area contributed by atoms with Gasteiger partial charge in [0.15, 0.2) is 0 Å². The lowest BCUT2D eigenvalue weighted by atomic mass is 10.1. The summed E-state index contributed by atoms with van der Waals surface area (Å²) in [6, 6.07) is 0. The fourth-order valence-corrected chi connectivity index (χ4v) is 2.70. The number of nitrogens with zero attached hydrogens (tertiary/aromatic N) is 3. The van der Waals surface area contributed by atoms with Crippen LogP contribution in [0.25, 0.3) is 22.4 Å². The maximum atomic E-state index is 12.6. The van der Waals surface area contributed by atoms with E-state index in [1.807, 2.05) is 20.8 Å². The van der Waals surface area contributed by atoms with Crippen LogP contribution < -0.4 is 5.56 Å². The molecule has 0 radical (unpaired) electrons. The molecule has 0 bridgehead atoms. The summed E-state index contributed by atoms with van der Waals surface area (Å²) < 4.78 is 7.26. The zero-order chi connectivity index (χ0) is 19.2. The molecular formula is C19H22N4O3. The fraction of sp³-hybridized carbons (Fsp3) is 0.421. The molecule has 2 N–H and O–H groups in total. The highest BCUT2D eigenvalue weighted by atomic mass is 16.4. The van der Waals surface area contributed by atoms with E-state index in [1.54, 1.807) is 27.1 Å². The summed E-state index contributed by atoms with van der Waals surface area (Å²) in [5.74, 6) is 6.75. The predicted molar refractivity (Wildman–Crippen MR) is 98.8 cm³/mol. The van der Waals surface area contributed by atoms with Crippen LogP contribution in [0.2, 0.25) is 0 Å². The Morgan fingerprint density at radius 2 is 2.04 bits per heavy atom. The Morgan fingerprint density at radius 3 is 2.62 bits per heavy atom. The van der Waals surface area contributed by atoms with Crippen molar-refractivity contribution in [3.8, 4) is 23.3 Å². The number of aryl methyl sites for hydroxylation is 2. The van der Waals surface area contributed by atoms with E-state index in [4.69, 9.17) is 4.42 Å². The maximum absolute atomic E-state index is 12.6. The van der Waals surface area contributed by atoms with E-state index in [0.717, 1.165) is 5.69 Å². The Hall–Kier alpha value is -2.85. The van der Waals surface area contributed by atoms with Gasteiger partial charge in [-0.05, 0) is 20.8 Å². The second kappa shape index (κ2) is 6.15. The van der Waals surface area contributed by atoms with Gasteiger partial charge in [0.25, 0.3) is 5.56 Å². The van der Waals surface area contributed by atoms with Crippen LogP contribution in [-0.4, -0.2) is 30.5 Å². The van der Waals surface area contributed by atoms with Gasteiger partial charge in [-0.15, -0.1) is 10.2 Å². The molecule has 26 heavy (non-hydrogen) atoms. The third kappa shape index (κ3) is 3.16. The highest BCUT2D eigenvalue weighted by Gasteiger charge is 2.22. The minimum absolute atomic E-state index is 0.101. The summed E-state index contributed by atoms with van der Waals surface area (Å²) >= 11 is 0. The number of nitrogens with one attached hydrogen (secondary N) is 1. The SMILES string of the molecule is Cc1[nH]c2c(=O)n(C)cc(C#CC(C)(C)O)c2c1-c1nnc(C(C)C)o1. The first-order valence-corrected chi connectivity index (χ1v) is 8.39. The first-order chi connectivity index (χ1) is 12.1. The van der Waals surface area contributed by atoms with Crippen LogP contribution in [0.4, 0.5) is 0 Å². The van der Waals surface area contributed by atoms with Gasteiger partial charge in [0.05, 0.1) is 11.1 Å². The second-order valence-corrected chi connectivity index (χ2v) is 7.24. The maximum Gasteiger partial charge on any atom is 0.274 e. The summed E-state index contributed by atoms with van der Waals surface area (Å²) in [5, 5.41) is 18.8. The lowest BCUT2D eigenvalue weighted by Gasteiger charge is -2.07. The van der Waals surface area contributed by atoms with Gasteiger partial charge in [0.2, 0.25) is 11.8 Å². The quantitative estimate of drug-likeness (QED) is 0.689. The monoisotopic (exact) mass is 354 g/mol. The van der Waals surface area contributed by atoms with E-state index >= 15 is 0 Å². The highest BCUT2D eigenvalue weighted by Crippen LogP contribution is 2.33. The molecule has 3 aromatic rings. The van der Waals surface area contributed by atoms with Gasteiger partial charge in [-0.2, -0.15) is 0 Å². The molecule has 7 nitrogen and oxygen atoms in total. The van der Waals surface area contributed by atoms with Crippen LogP contribution in [0.1, 0.15) is 50.8 Å². The van der Waals surface area contributed by atoms with Crippen LogP contribution in [-0.2, 0) is 7.05 Å². The van der Waals surface area contributed by atoms with Crippen molar-refractivity contribution in [1.29, 1.82) is 0 Å². The van der Waals surface area contributed by atoms with Gasteiger partial charge in [-0.25, -0.2) is 0 Å². The number of aromatic nitrogens is 4. The number of aromatic amines is 1. The van der Waals surface area contributed by atoms with Crippen molar-refractivity contribution in [2.45, 2.75) is 46.1 Å². The Kier molecular flexibility index (Phi) is 4.24. The number of hydrogen-bond donors (Lipinski definition) is 2. The predicted octanol–water partition coefficient (Wildman–Crippen LogP) is 2.47. The largest absolute Gasteiger partial charge is 0.420 e. The molecule has 0 aliphatic carbocycles. The van der Waals surface area contributed by atoms with Crippen LogP contribution in [0.15, 0.2) is 15.4 Å². The molecule has 7 heteroatoms. The van der Waals surface area contributed by atoms with E-state index < -0.39 is 5.60 Å². The number of fused-ring (bicyclic) bond motifs is 1. The zero-order valence-corrected chi connectivity index (χ0v) is 15.8. The van der Waals surface area contributed by atoms with Crippen molar-refractivity contribution in [2.24, 2.45) is 7.05 Å². The van der Waals surface area contributed by atoms with Crippen molar-refractivity contribution < 1.29 is 9.52 Å². The molecule has 0 fully saturated rings. The molecule has 0 saturated heterocycles. The van der Waals surface area contributed by atoms with Gasteiger partial charge in [-0.3, -0.25) is 4.79 Å². The Labute approximate surface area is 151 Å². The Bertz CT molecular complexity index is 1100. The van der Waals surface area contributed by atoms with Crippen LogP contribution in [0.3, 0.4) is 0 Å². The summed E-state index contributed by atoms with van der Waals surface area (Å²) in [4.78, 5) is 15.7. The summed E-state index contributed by atoms with van der Waals surface area (Å²) in [5.41, 5.74) is 1.11. The lowest BCUT2D eigenvalue weighted by molar-refractivity contribution is 0.143. The van der Waals surface area contributed by atoms with Crippen molar-refractivity contribution in [3.63, 3.8) is 0 Å². The summed E-state index contributed by atoms with van der Waals surface area (Å²) in [6.07, 6.45) is 1.65. The number of pyridine rings is 1. The number of H-pyrrole nitrogens is 1. The number of hydrogen-bond acceptors (Lipinski definition) is 5. The average Bonchev–Trinajstić information content (AvgIpc) is 3.13.